The summed E-state index contributed by atoms with van der Waals surface area (Å²) in [6, 6.07) is 7.34. The maximum Gasteiger partial charge on any atom is 0.335 e. The van der Waals surface area contributed by atoms with Crippen molar-refractivity contribution in [1.29, 1.82) is 0 Å². The first-order chi connectivity index (χ1) is 10.2. The summed E-state index contributed by atoms with van der Waals surface area (Å²) in [6.45, 7) is 2.91. The topological polar surface area (TPSA) is 69.2 Å². The van der Waals surface area contributed by atoms with Crippen LogP contribution in [0.3, 0.4) is 0 Å². The van der Waals surface area contributed by atoms with E-state index in [2.05, 4.69) is 14.9 Å². The number of aromatic carboxylic acids is 1. The van der Waals surface area contributed by atoms with Crippen LogP contribution in [-0.4, -0.2) is 39.0 Å². The molecule has 0 aliphatic carbocycles. The molecule has 2 N–H and O–H groups in total. The Balaban J connectivity index is 1.70. The van der Waals surface area contributed by atoms with Crippen molar-refractivity contribution < 1.29 is 9.90 Å². The number of nitrogens with one attached hydrogen (secondary N) is 1. The van der Waals surface area contributed by atoms with Crippen LogP contribution in [-0.2, 0) is 6.54 Å². The molecular weight excluding hydrogens is 266 g/mol. The van der Waals surface area contributed by atoms with Crippen LogP contribution >= 0.6 is 0 Å². The van der Waals surface area contributed by atoms with Crippen LogP contribution in [0.5, 0.6) is 0 Å². The molecule has 1 aromatic heterocycles. The van der Waals surface area contributed by atoms with Gasteiger partial charge in [0.1, 0.15) is 0 Å². The molecular formula is C16H19N3O2. The van der Waals surface area contributed by atoms with Crippen LogP contribution in [0.15, 0.2) is 36.8 Å². The number of rotatable bonds is 4. The highest BCUT2D eigenvalue weighted by Gasteiger charge is 2.22. The highest BCUT2D eigenvalue weighted by molar-refractivity contribution is 5.87. The van der Waals surface area contributed by atoms with Crippen molar-refractivity contribution in [2.24, 2.45) is 0 Å². The fourth-order valence-electron chi connectivity index (χ4n) is 3.01. The molecule has 3 rings (SSSR count). The molecule has 5 nitrogen and oxygen atoms in total. The molecule has 5 heteroatoms. The molecule has 1 aliphatic rings. The van der Waals surface area contributed by atoms with E-state index in [0.29, 0.717) is 11.5 Å². The Morgan fingerprint density at radius 1 is 1.48 bits per heavy atom. The molecule has 0 spiro atoms. The third-order valence-corrected chi connectivity index (χ3v) is 4.06. The largest absolute Gasteiger partial charge is 0.478 e. The molecule has 1 aliphatic heterocycles. The maximum atomic E-state index is 11.1. The summed E-state index contributed by atoms with van der Waals surface area (Å²) >= 11 is 0. The van der Waals surface area contributed by atoms with E-state index in [0.717, 1.165) is 43.7 Å². The number of H-pyrrole nitrogens is 1. The van der Waals surface area contributed by atoms with Crippen LogP contribution in [0.25, 0.3) is 0 Å². The molecule has 0 bridgehead atoms. The zero-order chi connectivity index (χ0) is 14.7. The number of piperidine rings is 1. The second-order valence-electron chi connectivity index (χ2n) is 5.58. The average molecular weight is 285 g/mol. The van der Waals surface area contributed by atoms with E-state index in [-0.39, 0.29) is 0 Å². The van der Waals surface area contributed by atoms with Gasteiger partial charge in [-0.05, 0) is 43.0 Å². The summed E-state index contributed by atoms with van der Waals surface area (Å²) in [6.07, 6.45) is 5.81. The molecule has 0 radical (unpaired) electrons. The molecule has 2 heterocycles. The molecule has 1 fully saturated rings. The first kappa shape index (κ1) is 13.8. The van der Waals surface area contributed by atoms with E-state index >= 15 is 0 Å². The molecule has 2 aromatic rings. The second-order valence-corrected chi connectivity index (χ2v) is 5.58. The number of hydrogen-bond acceptors (Lipinski definition) is 3. The van der Waals surface area contributed by atoms with Gasteiger partial charge in [-0.1, -0.05) is 12.1 Å². The van der Waals surface area contributed by atoms with Gasteiger partial charge in [0.2, 0.25) is 0 Å². The molecule has 1 saturated heterocycles. The zero-order valence-electron chi connectivity index (χ0n) is 11.8. The Bertz CT molecular complexity index is 610. The highest BCUT2D eigenvalue weighted by atomic mass is 16.4. The fraction of sp³-hybridized carbons (Fsp3) is 0.375. The Hall–Kier alpha value is -2.14. The normalized spacial score (nSPS) is 19.5. The minimum atomic E-state index is -0.859. The molecule has 1 aromatic carbocycles. The predicted octanol–water partition coefficient (Wildman–Crippen LogP) is 2.49. The van der Waals surface area contributed by atoms with Gasteiger partial charge in [0.15, 0.2) is 0 Å². The summed E-state index contributed by atoms with van der Waals surface area (Å²) in [7, 11) is 0. The quantitative estimate of drug-likeness (QED) is 0.905. The number of benzene rings is 1. The lowest BCUT2D eigenvalue weighted by atomic mass is 9.89. The minimum Gasteiger partial charge on any atom is -0.478 e. The molecule has 0 saturated carbocycles. The first-order valence-corrected chi connectivity index (χ1v) is 7.25. The van der Waals surface area contributed by atoms with E-state index in [1.54, 1.807) is 12.4 Å². The third kappa shape index (κ3) is 3.31. The van der Waals surface area contributed by atoms with Gasteiger partial charge in [0, 0.05) is 25.0 Å². The van der Waals surface area contributed by atoms with Gasteiger partial charge in [0.25, 0.3) is 0 Å². The smallest absolute Gasteiger partial charge is 0.335 e. The lowest BCUT2D eigenvalue weighted by Gasteiger charge is -2.32. The lowest BCUT2D eigenvalue weighted by molar-refractivity contribution is 0.0696. The molecule has 110 valence electrons. The average Bonchev–Trinajstić information content (AvgIpc) is 3.00. The molecule has 21 heavy (non-hydrogen) atoms. The summed E-state index contributed by atoms with van der Waals surface area (Å²) < 4.78 is 0. The van der Waals surface area contributed by atoms with Gasteiger partial charge in [-0.25, -0.2) is 9.78 Å². The summed E-state index contributed by atoms with van der Waals surface area (Å²) in [4.78, 5) is 20.7. The summed E-state index contributed by atoms with van der Waals surface area (Å²) in [5, 5.41) is 9.11. The number of hydrogen-bond donors (Lipinski definition) is 2. The summed E-state index contributed by atoms with van der Waals surface area (Å²) in [5.74, 6) is -0.456. The SMILES string of the molecule is O=C(O)c1cccc([C@@H]2CCCN(Cc3cnc[nH]3)C2)c1. The van der Waals surface area contributed by atoms with Crippen molar-refractivity contribution in [3.05, 3.63) is 53.6 Å². The predicted molar refractivity (Wildman–Crippen MR) is 79.2 cm³/mol. The van der Waals surface area contributed by atoms with Crippen LogP contribution < -0.4 is 0 Å². The van der Waals surface area contributed by atoms with Gasteiger partial charge in [0.05, 0.1) is 11.9 Å². The number of aromatic amines is 1. The number of carboxylic acids is 1. The van der Waals surface area contributed by atoms with Crippen LogP contribution in [0.2, 0.25) is 0 Å². The first-order valence-electron chi connectivity index (χ1n) is 7.25. The lowest BCUT2D eigenvalue weighted by Crippen LogP contribution is -2.34. The highest BCUT2D eigenvalue weighted by Crippen LogP contribution is 2.28. The van der Waals surface area contributed by atoms with Gasteiger partial charge >= 0.3 is 5.97 Å². The number of carboxylic acid groups (broad SMARTS) is 1. The van der Waals surface area contributed by atoms with Crippen molar-refractivity contribution >= 4 is 5.97 Å². The number of likely N-dealkylation sites (tertiary alicyclic amines) is 1. The zero-order valence-corrected chi connectivity index (χ0v) is 11.8. The third-order valence-electron chi connectivity index (χ3n) is 4.06. The van der Waals surface area contributed by atoms with Gasteiger partial charge in [-0.15, -0.1) is 0 Å². The molecule has 0 amide bonds. The minimum absolute atomic E-state index is 0.373. The molecule has 1 atom stereocenters. The standard InChI is InChI=1S/C16H19N3O2/c20-16(21)13-4-1-3-12(7-13)14-5-2-6-19(9-14)10-15-8-17-11-18-15/h1,3-4,7-8,11,14H,2,5-6,9-10H2,(H,17,18)(H,20,21)/t14-/m1/s1. The van der Waals surface area contributed by atoms with E-state index in [1.165, 1.54) is 0 Å². The van der Waals surface area contributed by atoms with Gasteiger partial charge in [-0.2, -0.15) is 0 Å². The second kappa shape index (κ2) is 6.10. The number of nitrogens with zero attached hydrogens (tertiary/aromatic N) is 2. The maximum absolute atomic E-state index is 11.1. The van der Waals surface area contributed by atoms with Crippen molar-refractivity contribution in [2.45, 2.75) is 25.3 Å². The summed E-state index contributed by atoms with van der Waals surface area (Å²) in [5.41, 5.74) is 2.62. The molecule has 0 unspecified atom stereocenters. The van der Waals surface area contributed by atoms with Crippen molar-refractivity contribution in [2.75, 3.05) is 13.1 Å². The van der Waals surface area contributed by atoms with E-state index in [9.17, 15) is 4.79 Å². The van der Waals surface area contributed by atoms with Crippen molar-refractivity contribution in [3.8, 4) is 0 Å². The number of carbonyl (C=O) groups is 1. The van der Waals surface area contributed by atoms with Crippen molar-refractivity contribution in [3.63, 3.8) is 0 Å². The monoisotopic (exact) mass is 285 g/mol. The van der Waals surface area contributed by atoms with E-state index < -0.39 is 5.97 Å². The Morgan fingerprint density at radius 2 is 2.38 bits per heavy atom. The van der Waals surface area contributed by atoms with Crippen LogP contribution in [0.1, 0.15) is 40.4 Å². The Labute approximate surface area is 123 Å². The van der Waals surface area contributed by atoms with E-state index in [1.807, 2.05) is 24.4 Å². The number of imidazole rings is 1. The number of aromatic nitrogens is 2. The van der Waals surface area contributed by atoms with Gasteiger partial charge < -0.3 is 10.1 Å². The van der Waals surface area contributed by atoms with Crippen LogP contribution in [0.4, 0.5) is 0 Å². The van der Waals surface area contributed by atoms with Crippen molar-refractivity contribution in [1.82, 2.24) is 14.9 Å². The van der Waals surface area contributed by atoms with Gasteiger partial charge in [-0.3, -0.25) is 4.90 Å². The van der Waals surface area contributed by atoms with Crippen LogP contribution in [0, 0.1) is 0 Å². The Kier molecular flexibility index (Phi) is 4.01. The Morgan fingerprint density at radius 3 is 3.14 bits per heavy atom. The van der Waals surface area contributed by atoms with E-state index in [4.69, 9.17) is 5.11 Å². The fourth-order valence-corrected chi connectivity index (χ4v) is 3.01.